The van der Waals surface area contributed by atoms with E-state index in [1.807, 2.05) is 38.8 Å². The number of halogens is 2. The van der Waals surface area contributed by atoms with Crippen LogP contribution in [0, 0.1) is 18.6 Å². The summed E-state index contributed by atoms with van der Waals surface area (Å²) in [6.07, 6.45) is 10.4. The first-order chi connectivity index (χ1) is 30.8. The van der Waals surface area contributed by atoms with Crippen LogP contribution in [0.15, 0.2) is 61.2 Å². The van der Waals surface area contributed by atoms with E-state index in [9.17, 15) is 27.6 Å². The Morgan fingerprint density at radius 3 is 2.39 bits per heavy atom. The van der Waals surface area contributed by atoms with E-state index in [1.165, 1.54) is 6.20 Å². The number of piperazine rings is 1. The second-order valence-corrected chi connectivity index (χ2v) is 17.7. The van der Waals surface area contributed by atoms with Gasteiger partial charge in [-0.25, -0.2) is 23.7 Å². The van der Waals surface area contributed by atoms with Crippen molar-refractivity contribution in [3.8, 4) is 11.1 Å². The summed E-state index contributed by atoms with van der Waals surface area (Å²) in [5.41, 5.74) is 2.41. The molecule has 5 N–H and O–H groups in total. The molecule has 2 atom stereocenters. The summed E-state index contributed by atoms with van der Waals surface area (Å²) in [7, 11) is -4.18. The molecule has 3 amide bonds. The smallest absolute Gasteiger partial charge is 0.299 e. The number of nitrogens with zero attached hydrogens (tertiary/aromatic N) is 6. The van der Waals surface area contributed by atoms with Gasteiger partial charge in [0.1, 0.15) is 17.5 Å². The highest BCUT2D eigenvalue weighted by Crippen LogP contribution is 2.34. The van der Waals surface area contributed by atoms with Crippen molar-refractivity contribution in [2.45, 2.75) is 64.5 Å². The molecule has 17 nitrogen and oxygen atoms in total. The molecule has 0 bridgehead atoms. The fraction of sp³-hybridized carbons (Fsp3) is 0.386. The summed E-state index contributed by atoms with van der Waals surface area (Å²) in [6.45, 7) is 6.76. The average Bonchev–Trinajstić information content (AvgIpc) is 3.74. The van der Waals surface area contributed by atoms with Crippen LogP contribution in [0.1, 0.15) is 78.5 Å². The van der Waals surface area contributed by atoms with Crippen molar-refractivity contribution < 1.29 is 36.4 Å². The first-order valence-corrected chi connectivity index (χ1v) is 22.8. The number of piperidine rings is 2. The number of rotatable bonds is 14. The van der Waals surface area contributed by atoms with E-state index in [1.54, 1.807) is 32.4 Å². The number of carbonyl (C=O) groups excluding carboxylic acids is 4. The number of fused-ring (bicyclic) bond motifs is 1. The summed E-state index contributed by atoms with van der Waals surface area (Å²) >= 11 is 0. The summed E-state index contributed by atoms with van der Waals surface area (Å²) in [5, 5.41) is 5.93. The average molecular weight is 898 g/mol. The summed E-state index contributed by atoms with van der Waals surface area (Å²) in [4.78, 5) is 73.9. The van der Waals surface area contributed by atoms with Crippen LogP contribution >= 0.6 is 0 Å². The fourth-order valence-electron chi connectivity index (χ4n) is 8.56. The number of nitrogens with one attached hydrogen (secondary N) is 5. The highest BCUT2D eigenvalue weighted by atomic mass is 32.2. The second kappa shape index (κ2) is 18.8. The third-order valence-corrected chi connectivity index (χ3v) is 13.1. The Hall–Kier alpha value is -6.38. The van der Waals surface area contributed by atoms with Crippen LogP contribution in [0.2, 0.25) is 0 Å². The number of imide groups is 1. The lowest BCUT2D eigenvalue weighted by molar-refractivity contribution is -0.134. The lowest BCUT2D eigenvalue weighted by Gasteiger charge is -2.39. The van der Waals surface area contributed by atoms with E-state index >= 15 is 8.78 Å². The quantitative estimate of drug-likeness (QED) is 0.0765. The molecule has 3 aliphatic heterocycles. The van der Waals surface area contributed by atoms with Gasteiger partial charge in [-0.05, 0) is 74.5 Å². The van der Waals surface area contributed by atoms with Crippen molar-refractivity contribution in [3.63, 3.8) is 0 Å². The molecule has 0 saturated carbocycles. The van der Waals surface area contributed by atoms with Crippen LogP contribution in [-0.2, 0) is 24.6 Å². The number of anilines is 3. The SMILES string of the molecule is CCCNS(=O)(=O)Nc1ccc(F)c(C(=O)c2c[nH]c3ncc(-c4cnc(N5CCN(C(=O)CN6CCCCC6c6ccc(NC7CCC(=O)NC7=O)cc6)CC5)nc4)c(C)c23)c1F. The van der Waals surface area contributed by atoms with Crippen molar-refractivity contribution in [2.24, 2.45) is 0 Å². The number of hydrogen-bond acceptors (Lipinski definition) is 12. The van der Waals surface area contributed by atoms with Gasteiger partial charge >= 0.3 is 0 Å². The van der Waals surface area contributed by atoms with Crippen molar-refractivity contribution in [1.82, 2.24) is 39.8 Å². The zero-order valence-corrected chi connectivity index (χ0v) is 36.2. The number of ketones is 1. The number of carbonyl (C=O) groups is 4. The number of aromatic amines is 1. The molecule has 336 valence electrons. The molecular weight excluding hydrogens is 849 g/mol. The first kappa shape index (κ1) is 44.2. The van der Waals surface area contributed by atoms with E-state index in [0.717, 1.165) is 49.2 Å². The number of aryl methyl sites for hydroxylation is 1. The van der Waals surface area contributed by atoms with Gasteiger partial charge in [0.05, 0.1) is 23.4 Å². The number of benzene rings is 2. The molecule has 3 saturated heterocycles. The maximum Gasteiger partial charge on any atom is 0.299 e. The van der Waals surface area contributed by atoms with Crippen LogP contribution in [-0.4, -0.2) is 114 Å². The van der Waals surface area contributed by atoms with E-state index in [-0.39, 0.29) is 35.9 Å². The minimum atomic E-state index is -4.18. The number of pyridine rings is 1. The Labute approximate surface area is 368 Å². The van der Waals surface area contributed by atoms with E-state index < -0.39 is 44.9 Å². The highest BCUT2D eigenvalue weighted by molar-refractivity contribution is 7.90. The van der Waals surface area contributed by atoms with E-state index in [4.69, 9.17) is 0 Å². The largest absolute Gasteiger partial charge is 0.374 e. The van der Waals surface area contributed by atoms with Gasteiger partial charge in [-0.15, -0.1) is 0 Å². The zero-order chi connectivity index (χ0) is 45.1. The molecule has 2 aromatic carbocycles. The Kier molecular flexibility index (Phi) is 13.0. The van der Waals surface area contributed by atoms with Crippen LogP contribution < -0.4 is 25.0 Å². The summed E-state index contributed by atoms with van der Waals surface area (Å²) < 4.78 is 59.8. The van der Waals surface area contributed by atoms with Crippen molar-refractivity contribution in [1.29, 1.82) is 0 Å². The molecule has 64 heavy (non-hydrogen) atoms. The predicted molar refractivity (Wildman–Crippen MR) is 236 cm³/mol. The van der Waals surface area contributed by atoms with Crippen molar-refractivity contribution in [3.05, 3.63) is 95.1 Å². The topological polar surface area (TPSA) is 215 Å². The third kappa shape index (κ3) is 9.43. The molecule has 6 heterocycles. The van der Waals surface area contributed by atoms with Crippen LogP contribution in [0.25, 0.3) is 22.2 Å². The molecule has 0 spiro atoms. The van der Waals surface area contributed by atoms with Crippen LogP contribution in [0.5, 0.6) is 0 Å². The minimum absolute atomic E-state index is 0.0558. The Bertz CT molecular complexity index is 2690. The van der Waals surface area contributed by atoms with Gasteiger partial charge < -0.3 is 20.1 Å². The van der Waals surface area contributed by atoms with Gasteiger partial charge in [0, 0.05) is 92.2 Å². The minimum Gasteiger partial charge on any atom is -0.374 e. The van der Waals surface area contributed by atoms with E-state index in [0.29, 0.717) is 85.7 Å². The molecule has 5 aromatic rings. The molecule has 20 heteroatoms. The van der Waals surface area contributed by atoms with Gasteiger partial charge in [0.15, 0.2) is 5.82 Å². The first-order valence-electron chi connectivity index (χ1n) is 21.4. The molecular formula is C44H49F2N11O6S. The molecule has 3 fully saturated rings. The Morgan fingerprint density at radius 1 is 0.922 bits per heavy atom. The standard InChI is InChI=1S/C44H49F2N11O6S/c1-3-15-51-64(62,63)54-33-12-11-32(45)39(40(33)46)41(60)31-24-48-42-38(31)26(2)30(23-47-42)28-21-49-44(50-22-28)56-19-17-55(18-20-56)37(59)25-57-16-5-4-6-35(57)27-7-9-29(10-8-27)52-34-13-14-36(58)53-43(34)61/h7-12,21-24,34-35,51-52,54H,3-6,13-20,25H2,1-2H3,(H,47,48)(H,53,58,61). The van der Waals surface area contributed by atoms with Gasteiger partial charge in [-0.3, -0.25) is 34.1 Å². The molecule has 0 aliphatic carbocycles. The predicted octanol–water partition coefficient (Wildman–Crippen LogP) is 4.59. The van der Waals surface area contributed by atoms with Gasteiger partial charge in [0.25, 0.3) is 10.2 Å². The van der Waals surface area contributed by atoms with Crippen molar-refractivity contribution in [2.75, 3.05) is 60.8 Å². The molecule has 2 unspecified atom stereocenters. The number of hydrogen-bond donors (Lipinski definition) is 5. The maximum absolute atomic E-state index is 15.7. The molecule has 3 aliphatic rings. The molecule has 3 aromatic heterocycles. The monoisotopic (exact) mass is 897 g/mol. The number of likely N-dealkylation sites (tertiary alicyclic amines) is 1. The second-order valence-electron chi connectivity index (χ2n) is 16.2. The van der Waals surface area contributed by atoms with Gasteiger partial charge in [-0.2, -0.15) is 13.1 Å². The highest BCUT2D eigenvalue weighted by Gasteiger charge is 2.31. The maximum atomic E-state index is 15.7. The number of H-pyrrole nitrogens is 1. The van der Waals surface area contributed by atoms with Gasteiger partial charge in [0.2, 0.25) is 29.5 Å². The Balaban J connectivity index is 0.896. The summed E-state index contributed by atoms with van der Waals surface area (Å²) in [6, 6.07) is 9.34. The lowest BCUT2D eigenvalue weighted by atomic mass is 9.95. The Morgan fingerprint density at radius 2 is 1.67 bits per heavy atom. The zero-order valence-electron chi connectivity index (χ0n) is 35.4. The van der Waals surface area contributed by atoms with Crippen molar-refractivity contribution >= 4 is 62.1 Å². The fourth-order valence-corrected chi connectivity index (χ4v) is 9.55. The third-order valence-electron chi connectivity index (χ3n) is 12.0. The van der Waals surface area contributed by atoms with E-state index in [2.05, 4.69) is 40.2 Å². The van der Waals surface area contributed by atoms with Crippen LogP contribution in [0.4, 0.5) is 26.1 Å². The number of aromatic nitrogens is 4. The van der Waals surface area contributed by atoms with Gasteiger partial charge in [-0.1, -0.05) is 25.5 Å². The van der Waals surface area contributed by atoms with Crippen LogP contribution in [0.3, 0.4) is 0 Å². The lowest BCUT2D eigenvalue weighted by Crippen LogP contribution is -2.52. The molecule has 8 rings (SSSR count). The normalized spacial score (nSPS) is 18.6. The molecule has 0 radical (unpaired) electrons. The summed E-state index contributed by atoms with van der Waals surface area (Å²) in [5.74, 6) is -3.54. The number of amides is 3.